The molecule has 0 amide bonds. The highest BCUT2D eigenvalue weighted by Crippen LogP contribution is 2.23. The lowest BCUT2D eigenvalue weighted by molar-refractivity contribution is 0.504. The molecule has 30 heavy (non-hydrogen) atoms. The summed E-state index contributed by atoms with van der Waals surface area (Å²) in [6.45, 7) is 13.5. The van der Waals surface area contributed by atoms with E-state index in [0.29, 0.717) is 0 Å². The number of unbranched alkanes of at least 4 members (excludes halogenated alkanes) is 3. The summed E-state index contributed by atoms with van der Waals surface area (Å²) in [5, 5.41) is 0. The van der Waals surface area contributed by atoms with E-state index in [2.05, 4.69) is 41.5 Å². The van der Waals surface area contributed by atoms with Gasteiger partial charge in [0.2, 0.25) is 0 Å². The Morgan fingerprint density at radius 2 is 0.900 bits per heavy atom. The molecule has 0 atom stereocenters. The van der Waals surface area contributed by atoms with E-state index >= 15 is 0 Å². The third kappa shape index (κ3) is 31.9. The summed E-state index contributed by atoms with van der Waals surface area (Å²) < 4.78 is 0. The fraction of sp³-hybridized carbons (Fsp3) is 0.800. The van der Waals surface area contributed by atoms with Crippen molar-refractivity contribution in [2.24, 2.45) is 11.8 Å². The molecule has 0 nitrogen and oxygen atoms in total. The van der Waals surface area contributed by atoms with Crippen LogP contribution in [0.25, 0.3) is 0 Å². The van der Waals surface area contributed by atoms with Crippen LogP contribution in [-0.4, -0.2) is 0 Å². The van der Waals surface area contributed by atoms with Crippen molar-refractivity contribution in [1.82, 2.24) is 0 Å². The van der Waals surface area contributed by atoms with Crippen LogP contribution in [-0.2, 0) is 0 Å². The molecule has 2 aliphatic rings. The van der Waals surface area contributed by atoms with Crippen LogP contribution < -0.4 is 0 Å². The maximum absolute atomic E-state index is 2.34. The van der Waals surface area contributed by atoms with E-state index < -0.39 is 0 Å². The number of hydrogen-bond acceptors (Lipinski definition) is 0. The molecule has 0 aromatic heterocycles. The summed E-state index contributed by atoms with van der Waals surface area (Å²) >= 11 is 0. The second-order valence-electron chi connectivity index (χ2n) is 9.56. The number of rotatable bonds is 5. The molecule has 178 valence electrons. The van der Waals surface area contributed by atoms with Crippen LogP contribution in [0.1, 0.15) is 144 Å². The van der Waals surface area contributed by atoms with Gasteiger partial charge in [0.15, 0.2) is 0 Å². The van der Waals surface area contributed by atoms with Gasteiger partial charge in [-0.3, -0.25) is 0 Å². The molecule has 0 heterocycles. The Morgan fingerprint density at radius 1 is 0.567 bits per heavy atom. The zero-order chi connectivity index (χ0) is 22.7. The Balaban J connectivity index is 0. The van der Waals surface area contributed by atoms with Crippen molar-refractivity contribution in [3.05, 3.63) is 36.4 Å². The zero-order valence-corrected chi connectivity index (χ0v) is 21.9. The summed E-state index contributed by atoms with van der Waals surface area (Å²) in [6, 6.07) is 12.0. The van der Waals surface area contributed by atoms with Crippen molar-refractivity contribution < 1.29 is 0 Å². The normalized spacial score (nSPS) is 15.3. The molecule has 0 heteroatoms. The topological polar surface area (TPSA) is 0 Å². The molecule has 0 spiro atoms. The summed E-state index contributed by atoms with van der Waals surface area (Å²) in [6.07, 6.45) is 23.2. The lowest BCUT2D eigenvalue weighted by Crippen LogP contribution is -1.85. The average Bonchev–Trinajstić information content (AvgIpc) is 3.27. The first kappa shape index (κ1) is 31.4. The predicted octanol–water partition coefficient (Wildman–Crippen LogP) is 11.3. The van der Waals surface area contributed by atoms with Gasteiger partial charge >= 0.3 is 0 Å². The quantitative estimate of drug-likeness (QED) is 0.417. The SMILES string of the molecule is C1CCCCC1.CC1CCCC1.CCCC(C)C.CCCCCC.c1ccccc1. The monoisotopic (exact) mass is 418 g/mol. The van der Waals surface area contributed by atoms with Crippen LogP contribution in [0.4, 0.5) is 0 Å². The minimum absolute atomic E-state index is 0.898. The molecule has 1 aromatic rings. The fourth-order valence-electron chi connectivity index (χ4n) is 3.65. The van der Waals surface area contributed by atoms with Crippen LogP contribution in [0.2, 0.25) is 0 Å². The van der Waals surface area contributed by atoms with Gasteiger partial charge in [0, 0.05) is 0 Å². The smallest absolute Gasteiger partial charge is 0.0443 e. The molecule has 2 aliphatic carbocycles. The number of hydrogen-bond donors (Lipinski definition) is 0. The summed E-state index contributed by atoms with van der Waals surface area (Å²) in [4.78, 5) is 0. The predicted molar refractivity (Wildman–Crippen MR) is 141 cm³/mol. The van der Waals surface area contributed by atoms with Crippen LogP contribution in [0.3, 0.4) is 0 Å². The maximum Gasteiger partial charge on any atom is -0.0443 e. The summed E-state index contributed by atoms with van der Waals surface area (Å²) in [5.41, 5.74) is 0. The largest absolute Gasteiger partial charge is 0.0654 e. The van der Waals surface area contributed by atoms with E-state index in [9.17, 15) is 0 Å². The highest BCUT2D eigenvalue weighted by atomic mass is 14.1. The van der Waals surface area contributed by atoms with Crippen molar-refractivity contribution in [2.75, 3.05) is 0 Å². The van der Waals surface area contributed by atoms with Crippen molar-refractivity contribution in [3.63, 3.8) is 0 Å². The molecule has 0 N–H and O–H groups in total. The van der Waals surface area contributed by atoms with Crippen molar-refractivity contribution in [1.29, 1.82) is 0 Å². The zero-order valence-electron chi connectivity index (χ0n) is 21.9. The summed E-state index contributed by atoms with van der Waals surface area (Å²) in [7, 11) is 0. The van der Waals surface area contributed by atoms with Gasteiger partial charge in [0.25, 0.3) is 0 Å². The maximum atomic E-state index is 2.34. The molecular weight excluding hydrogens is 360 g/mol. The standard InChI is InChI=1S/2C6H12.C6H6.2C6H14/c1-6-4-2-3-5-6;2*1-2-4-6-5-3-1;1-4-5-6(2)3;1-3-5-6-4-2/h6H,2-5H2,1H3;1-6H2;1-6H;6H,4-5H2,1-3H3;3-6H2,1-2H3. The van der Waals surface area contributed by atoms with Crippen LogP contribution in [0.5, 0.6) is 0 Å². The molecule has 0 radical (unpaired) electrons. The Hall–Kier alpha value is -0.780. The van der Waals surface area contributed by atoms with E-state index in [1.807, 2.05) is 36.4 Å². The van der Waals surface area contributed by atoms with Gasteiger partial charge in [0.1, 0.15) is 0 Å². The second kappa shape index (κ2) is 28.2. The van der Waals surface area contributed by atoms with Crippen molar-refractivity contribution >= 4 is 0 Å². The van der Waals surface area contributed by atoms with E-state index in [1.165, 1.54) is 103 Å². The Morgan fingerprint density at radius 3 is 1.03 bits per heavy atom. The van der Waals surface area contributed by atoms with Crippen molar-refractivity contribution in [3.8, 4) is 0 Å². The first-order chi connectivity index (χ1) is 14.6. The average molecular weight is 419 g/mol. The molecule has 1 aromatic carbocycles. The van der Waals surface area contributed by atoms with Gasteiger partial charge in [-0.05, 0) is 11.8 Å². The van der Waals surface area contributed by atoms with Gasteiger partial charge in [-0.15, -0.1) is 0 Å². The van der Waals surface area contributed by atoms with Crippen LogP contribution in [0.15, 0.2) is 36.4 Å². The Bertz CT molecular complexity index is 315. The molecule has 3 rings (SSSR count). The van der Waals surface area contributed by atoms with Crippen LogP contribution >= 0.6 is 0 Å². The number of benzene rings is 1. The molecule has 2 saturated carbocycles. The Labute approximate surface area is 192 Å². The Kier molecular flexibility index (Phi) is 29.5. The van der Waals surface area contributed by atoms with Gasteiger partial charge in [0.05, 0.1) is 0 Å². The molecule has 2 fully saturated rings. The first-order valence-electron chi connectivity index (χ1n) is 13.6. The lowest BCUT2D eigenvalue weighted by Gasteiger charge is -2.05. The van der Waals surface area contributed by atoms with Gasteiger partial charge < -0.3 is 0 Å². The van der Waals surface area contributed by atoms with E-state index in [1.54, 1.807) is 0 Å². The summed E-state index contributed by atoms with van der Waals surface area (Å²) in [5.74, 6) is 1.94. The molecule has 0 saturated heterocycles. The van der Waals surface area contributed by atoms with Gasteiger partial charge in [-0.25, -0.2) is 0 Å². The highest BCUT2D eigenvalue weighted by molar-refractivity contribution is 4.99. The fourth-order valence-corrected chi connectivity index (χ4v) is 3.65. The van der Waals surface area contributed by atoms with E-state index in [-0.39, 0.29) is 0 Å². The minimum Gasteiger partial charge on any atom is -0.0654 e. The minimum atomic E-state index is 0.898. The van der Waals surface area contributed by atoms with Gasteiger partial charge in [-0.2, -0.15) is 0 Å². The molecule has 0 unspecified atom stereocenters. The molecule has 0 aliphatic heterocycles. The van der Waals surface area contributed by atoms with E-state index in [4.69, 9.17) is 0 Å². The molecular formula is C30H58. The first-order valence-corrected chi connectivity index (χ1v) is 13.6. The highest BCUT2D eigenvalue weighted by Gasteiger charge is 2.07. The van der Waals surface area contributed by atoms with E-state index in [0.717, 1.165) is 11.8 Å². The van der Waals surface area contributed by atoms with Gasteiger partial charge in [-0.1, -0.05) is 181 Å². The molecule has 0 bridgehead atoms. The third-order valence-corrected chi connectivity index (χ3v) is 5.63. The van der Waals surface area contributed by atoms with Crippen LogP contribution in [0, 0.1) is 11.8 Å². The third-order valence-electron chi connectivity index (χ3n) is 5.63. The van der Waals surface area contributed by atoms with Crippen molar-refractivity contribution in [2.45, 2.75) is 144 Å². The second-order valence-corrected chi connectivity index (χ2v) is 9.56. The lowest BCUT2D eigenvalue weighted by atomic mass is 10.0.